The van der Waals surface area contributed by atoms with Crippen LogP contribution in [0.25, 0.3) is 11.3 Å². The molecule has 0 amide bonds. The Morgan fingerprint density at radius 1 is 1.33 bits per heavy atom. The highest BCUT2D eigenvalue weighted by molar-refractivity contribution is 5.62. The molecule has 0 saturated heterocycles. The van der Waals surface area contributed by atoms with Crippen LogP contribution in [-0.4, -0.2) is 9.97 Å². The highest BCUT2D eigenvalue weighted by atomic mass is 19.1. The summed E-state index contributed by atoms with van der Waals surface area (Å²) in [5.41, 5.74) is 0.906. The third kappa shape index (κ3) is 1.66. The minimum Gasteiger partial charge on any atom is -0.313 e. The molecular formula is C11H9FN2O. The van der Waals surface area contributed by atoms with Gasteiger partial charge in [0.15, 0.2) is 0 Å². The molecule has 2 rings (SSSR count). The van der Waals surface area contributed by atoms with E-state index in [-0.39, 0.29) is 11.4 Å². The molecule has 0 saturated carbocycles. The van der Waals surface area contributed by atoms with E-state index in [1.54, 1.807) is 25.1 Å². The van der Waals surface area contributed by atoms with Crippen molar-refractivity contribution in [3.05, 3.63) is 52.3 Å². The second-order valence-corrected chi connectivity index (χ2v) is 3.19. The summed E-state index contributed by atoms with van der Waals surface area (Å²) in [6, 6.07) is 6.25. The summed E-state index contributed by atoms with van der Waals surface area (Å²) in [6.07, 6.45) is 1.27. The van der Waals surface area contributed by atoms with Gasteiger partial charge in [-0.15, -0.1) is 0 Å². The summed E-state index contributed by atoms with van der Waals surface area (Å²) in [7, 11) is 0. The zero-order valence-electron chi connectivity index (χ0n) is 8.12. The van der Waals surface area contributed by atoms with E-state index in [9.17, 15) is 9.18 Å². The Hall–Kier alpha value is -1.97. The molecule has 0 bridgehead atoms. The lowest BCUT2D eigenvalue weighted by molar-refractivity contribution is 0.630. The number of nitrogens with zero attached hydrogens (tertiary/aromatic N) is 1. The predicted molar refractivity (Wildman–Crippen MR) is 55.0 cm³/mol. The van der Waals surface area contributed by atoms with Gasteiger partial charge in [0.2, 0.25) is 0 Å². The van der Waals surface area contributed by atoms with Crippen LogP contribution in [0.2, 0.25) is 0 Å². The Labute approximate surface area is 85.6 Å². The van der Waals surface area contributed by atoms with Crippen molar-refractivity contribution in [1.82, 2.24) is 9.97 Å². The minimum absolute atomic E-state index is 0.247. The van der Waals surface area contributed by atoms with Crippen LogP contribution in [0, 0.1) is 12.7 Å². The molecular weight excluding hydrogens is 195 g/mol. The van der Waals surface area contributed by atoms with E-state index in [0.717, 1.165) is 0 Å². The summed E-state index contributed by atoms with van der Waals surface area (Å²) in [6.45, 7) is 1.62. The first-order chi connectivity index (χ1) is 7.20. The van der Waals surface area contributed by atoms with Crippen molar-refractivity contribution < 1.29 is 4.39 Å². The van der Waals surface area contributed by atoms with Crippen molar-refractivity contribution in [3.63, 3.8) is 0 Å². The Balaban J connectivity index is 2.70. The molecule has 0 aliphatic heterocycles. The van der Waals surface area contributed by atoms with Crippen LogP contribution in [-0.2, 0) is 0 Å². The molecule has 0 aliphatic carbocycles. The van der Waals surface area contributed by atoms with Crippen molar-refractivity contribution >= 4 is 0 Å². The quantitative estimate of drug-likeness (QED) is 0.770. The fourth-order valence-corrected chi connectivity index (χ4v) is 1.39. The zero-order chi connectivity index (χ0) is 10.8. The Bertz CT molecular complexity index is 548. The average molecular weight is 204 g/mol. The summed E-state index contributed by atoms with van der Waals surface area (Å²) in [4.78, 5) is 17.7. The van der Waals surface area contributed by atoms with Gasteiger partial charge in [-0.25, -0.2) is 9.37 Å². The topological polar surface area (TPSA) is 45.8 Å². The Morgan fingerprint density at radius 3 is 2.80 bits per heavy atom. The lowest BCUT2D eigenvalue weighted by atomic mass is 10.1. The van der Waals surface area contributed by atoms with Crippen molar-refractivity contribution in [2.75, 3.05) is 0 Å². The number of aromatic nitrogens is 2. The molecule has 1 aromatic heterocycles. The van der Waals surface area contributed by atoms with Gasteiger partial charge in [-0.3, -0.25) is 4.79 Å². The van der Waals surface area contributed by atoms with E-state index in [1.807, 2.05) is 0 Å². The molecule has 2 aromatic rings. The molecule has 15 heavy (non-hydrogen) atoms. The number of rotatable bonds is 1. The number of H-pyrrole nitrogens is 1. The van der Waals surface area contributed by atoms with Crippen molar-refractivity contribution in [2.45, 2.75) is 6.92 Å². The smallest absolute Gasteiger partial charge is 0.254 e. The van der Waals surface area contributed by atoms with Crippen LogP contribution >= 0.6 is 0 Å². The zero-order valence-corrected chi connectivity index (χ0v) is 8.12. The summed E-state index contributed by atoms with van der Waals surface area (Å²) in [5, 5.41) is 0. The van der Waals surface area contributed by atoms with Gasteiger partial charge in [-0.2, -0.15) is 0 Å². The molecule has 1 N–H and O–H groups in total. The van der Waals surface area contributed by atoms with Crippen LogP contribution in [0.5, 0.6) is 0 Å². The number of aromatic amines is 1. The number of halogens is 1. The van der Waals surface area contributed by atoms with E-state index < -0.39 is 0 Å². The normalized spacial score (nSPS) is 10.3. The Morgan fingerprint density at radius 2 is 2.07 bits per heavy atom. The maximum absolute atomic E-state index is 13.4. The van der Waals surface area contributed by atoms with Crippen molar-refractivity contribution in [3.8, 4) is 11.3 Å². The minimum atomic E-state index is -0.376. The number of hydrogen-bond acceptors (Lipinski definition) is 2. The first kappa shape index (κ1) is 9.58. The molecule has 1 aromatic carbocycles. The molecule has 0 radical (unpaired) electrons. The fraction of sp³-hybridized carbons (Fsp3) is 0.0909. The maximum Gasteiger partial charge on any atom is 0.254 e. The highest BCUT2D eigenvalue weighted by Crippen LogP contribution is 2.20. The van der Waals surface area contributed by atoms with Crippen molar-refractivity contribution in [1.29, 1.82) is 0 Å². The van der Waals surface area contributed by atoms with Crippen LogP contribution in [0.1, 0.15) is 5.56 Å². The van der Waals surface area contributed by atoms with E-state index in [1.165, 1.54) is 12.4 Å². The first-order valence-corrected chi connectivity index (χ1v) is 4.49. The first-order valence-electron chi connectivity index (χ1n) is 4.49. The fourth-order valence-electron chi connectivity index (χ4n) is 1.39. The van der Waals surface area contributed by atoms with Gasteiger partial charge in [0.25, 0.3) is 5.56 Å². The lowest BCUT2D eigenvalue weighted by Gasteiger charge is -2.04. The van der Waals surface area contributed by atoms with Gasteiger partial charge >= 0.3 is 0 Å². The molecule has 1 heterocycles. The van der Waals surface area contributed by atoms with E-state index in [2.05, 4.69) is 9.97 Å². The maximum atomic E-state index is 13.4. The molecule has 76 valence electrons. The van der Waals surface area contributed by atoms with Crippen LogP contribution in [0.3, 0.4) is 0 Å². The predicted octanol–water partition coefficient (Wildman–Crippen LogP) is 1.88. The van der Waals surface area contributed by atoms with E-state index in [0.29, 0.717) is 16.8 Å². The molecule has 0 fully saturated rings. The van der Waals surface area contributed by atoms with Gasteiger partial charge in [0.1, 0.15) is 5.82 Å². The van der Waals surface area contributed by atoms with E-state index in [4.69, 9.17) is 0 Å². The van der Waals surface area contributed by atoms with Crippen LogP contribution in [0.15, 0.2) is 35.4 Å². The largest absolute Gasteiger partial charge is 0.313 e. The highest BCUT2D eigenvalue weighted by Gasteiger charge is 2.09. The van der Waals surface area contributed by atoms with Crippen LogP contribution < -0.4 is 5.56 Å². The second-order valence-electron chi connectivity index (χ2n) is 3.19. The van der Waals surface area contributed by atoms with Gasteiger partial charge in [0.05, 0.1) is 12.0 Å². The summed E-state index contributed by atoms with van der Waals surface area (Å²) < 4.78 is 13.4. The summed E-state index contributed by atoms with van der Waals surface area (Å²) >= 11 is 0. The molecule has 3 nitrogen and oxygen atoms in total. The standard InChI is InChI=1S/C11H9FN2O/c1-7-10(13-6-14-11(7)15)8-4-2-3-5-9(8)12/h2-6H,1H3,(H,13,14,15). The number of hydrogen-bond donors (Lipinski definition) is 1. The molecule has 0 atom stereocenters. The monoisotopic (exact) mass is 204 g/mol. The molecule has 4 heteroatoms. The lowest BCUT2D eigenvalue weighted by Crippen LogP contribution is -2.11. The number of nitrogens with one attached hydrogen (secondary N) is 1. The number of benzene rings is 1. The third-order valence-corrected chi connectivity index (χ3v) is 2.21. The SMILES string of the molecule is Cc1c(-c2ccccc2F)nc[nH]c1=O. The molecule has 0 unspecified atom stereocenters. The van der Waals surface area contributed by atoms with Gasteiger partial charge < -0.3 is 4.98 Å². The van der Waals surface area contributed by atoms with Crippen LogP contribution in [0.4, 0.5) is 4.39 Å². The summed E-state index contributed by atoms with van der Waals surface area (Å²) in [5.74, 6) is -0.376. The van der Waals surface area contributed by atoms with E-state index >= 15 is 0 Å². The Kier molecular flexibility index (Phi) is 2.33. The average Bonchev–Trinajstić information content (AvgIpc) is 2.23. The van der Waals surface area contributed by atoms with Gasteiger partial charge in [-0.05, 0) is 19.1 Å². The molecule has 0 aliphatic rings. The second kappa shape index (κ2) is 3.65. The van der Waals surface area contributed by atoms with Gasteiger partial charge in [0, 0.05) is 11.1 Å². The van der Waals surface area contributed by atoms with Gasteiger partial charge in [-0.1, -0.05) is 12.1 Å². The molecule has 0 spiro atoms. The third-order valence-electron chi connectivity index (χ3n) is 2.21. The van der Waals surface area contributed by atoms with Crippen molar-refractivity contribution in [2.24, 2.45) is 0 Å².